The maximum Gasteiger partial charge on any atom is 0.310 e. The fourth-order valence-corrected chi connectivity index (χ4v) is 2.06. The number of fused-ring (bicyclic) bond motifs is 1. The highest BCUT2D eigenvalue weighted by atomic mass is 16.7. The van der Waals surface area contributed by atoms with Crippen LogP contribution in [0.25, 0.3) is 0 Å². The van der Waals surface area contributed by atoms with Gasteiger partial charge >= 0.3 is 5.97 Å². The zero-order valence-corrected chi connectivity index (χ0v) is 10.9. The minimum atomic E-state index is -0.842. The van der Waals surface area contributed by atoms with E-state index in [2.05, 4.69) is 0 Å². The highest BCUT2D eigenvalue weighted by Gasteiger charge is 2.38. The Morgan fingerprint density at radius 3 is 2.44 bits per heavy atom. The average molecular weight is 250 g/mol. The van der Waals surface area contributed by atoms with E-state index in [4.69, 9.17) is 14.6 Å². The predicted octanol–water partition coefficient (Wildman–Crippen LogP) is 3.16. The van der Waals surface area contributed by atoms with Gasteiger partial charge in [0.15, 0.2) is 11.5 Å². The van der Waals surface area contributed by atoms with Gasteiger partial charge in [0.2, 0.25) is 0 Å². The summed E-state index contributed by atoms with van der Waals surface area (Å²) in [6, 6.07) is 5.33. The second-order valence-electron chi connectivity index (χ2n) is 4.59. The monoisotopic (exact) mass is 250 g/mol. The van der Waals surface area contributed by atoms with Crippen LogP contribution >= 0.6 is 0 Å². The van der Waals surface area contributed by atoms with E-state index in [-0.39, 0.29) is 0 Å². The van der Waals surface area contributed by atoms with Crippen molar-refractivity contribution in [3.8, 4) is 11.5 Å². The lowest BCUT2D eigenvalue weighted by atomic mass is 10.0. The summed E-state index contributed by atoms with van der Waals surface area (Å²) in [5, 5.41) is 9.01. The summed E-state index contributed by atoms with van der Waals surface area (Å²) in [6.07, 6.45) is 1.50. The lowest BCUT2D eigenvalue weighted by Crippen LogP contribution is -2.36. The van der Waals surface area contributed by atoms with Crippen LogP contribution in [0.3, 0.4) is 0 Å². The van der Waals surface area contributed by atoms with Crippen LogP contribution in [0.5, 0.6) is 11.5 Å². The van der Waals surface area contributed by atoms with Crippen LogP contribution in [-0.2, 0) is 4.79 Å². The molecule has 1 N–H and O–H groups in total. The highest BCUT2D eigenvalue weighted by molar-refractivity contribution is 5.76. The van der Waals surface area contributed by atoms with Crippen LogP contribution in [0.4, 0.5) is 0 Å². The van der Waals surface area contributed by atoms with Crippen LogP contribution in [0.15, 0.2) is 18.2 Å². The molecule has 0 bridgehead atoms. The second kappa shape index (κ2) is 4.52. The number of carbonyl (C=O) groups is 1. The first-order valence-electron chi connectivity index (χ1n) is 6.26. The summed E-state index contributed by atoms with van der Waals surface area (Å²) < 4.78 is 11.7. The first-order valence-corrected chi connectivity index (χ1v) is 6.26. The van der Waals surface area contributed by atoms with Gasteiger partial charge in [-0.15, -0.1) is 0 Å². The van der Waals surface area contributed by atoms with Crippen molar-refractivity contribution in [2.24, 2.45) is 0 Å². The molecule has 1 atom stereocenters. The molecule has 0 aliphatic carbocycles. The topological polar surface area (TPSA) is 55.8 Å². The van der Waals surface area contributed by atoms with Crippen LogP contribution in [0, 0.1) is 0 Å². The molecule has 0 aromatic heterocycles. The summed E-state index contributed by atoms with van der Waals surface area (Å²) in [4.78, 5) is 11.0. The summed E-state index contributed by atoms with van der Waals surface area (Å²) >= 11 is 0. The molecule has 1 aromatic rings. The van der Waals surface area contributed by atoms with Crippen molar-refractivity contribution >= 4 is 5.97 Å². The van der Waals surface area contributed by atoms with Crippen LogP contribution in [-0.4, -0.2) is 16.9 Å². The van der Waals surface area contributed by atoms with Gasteiger partial charge in [0.1, 0.15) is 0 Å². The molecule has 1 aromatic carbocycles. The Bertz CT molecular complexity index is 463. The quantitative estimate of drug-likeness (QED) is 0.891. The Morgan fingerprint density at radius 2 is 1.89 bits per heavy atom. The number of hydrogen-bond acceptors (Lipinski definition) is 3. The van der Waals surface area contributed by atoms with Crippen molar-refractivity contribution in [2.75, 3.05) is 0 Å². The first-order chi connectivity index (χ1) is 8.51. The molecule has 1 heterocycles. The maximum absolute atomic E-state index is 11.0. The standard InChI is InChI=1S/C14H18O4/c1-4-14(5-2)17-11-7-6-10(8-12(11)18-14)9(3)13(15)16/h6-9H,4-5H2,1-3H3,(H,15,16). The zero-order valence-electron chi connectivity index (χ0n) is 10.9. The fourth-order valence-electron chi connectivity index (χ4n) is 2.06. The van der Waals surface area contributed by atoms with Gasteiger partial charge in [-0.2, -0.15) is 0 Å². The molecule has 4 nitrogen and oxygen atoms in total. The van der Waals surface area contributed by atoms with Gasteiger partial charge in [0, 0.05) is 12.8 Å². The molecule has 1 unspecified atom stereocenters. The van der Waals surface area contributed by atoms with Gasteiger partial charge in [-0.3, -0.25) is 4.79 Å². The second-order valence-corrected chi connectivity index (χ2v) is 4.59. The zero-order chi connectivity index (χ0) is 13.3. The first kappa shape index (κ1) is 12.7. The van der Waals surface area contributed by atoms with Crippen molar-refractivity contribution < 1.29 is 19.4 Å². The minimum absolute atomic E-state index is 0.544. The molecule has 4 heteroatoms. The largest absolute Gasteiger partial charge is 0.481 e. The summed E-state index contributed by atoms with van der Waals surface area (Å²) in [7, 11) is 0. The predicted molar refractivity (Wildman–Crippen MR) is 67.1 cm³/mol. The van der Waals surface area contributed by atoms with Gasteiger partial charge in [0.05, 0.1) is 5.92 Å². The van der Waals surface area contributed by atoms with Gasteiger partial charge in [-0.05, 0) is 24.6 Å². The van der Waals surface area contributed by atoms with Crippen molar-refractivity contribution in [1.29, 1.82) is 0 Å². The average Bonchev–Trinajstić information content (AvgIpc) is 2.75. The van der Waals surface area contributed by atoms with E-state index in [1.807, 2.05) is 13.8 Å². The number of carboxylic acid groups (broad SMARTS) is 1. The van der Waals surface area contributed by atoms with Crippen LogP contribution in [0.1, 0.15) is 45.1 Å². The number of rotatable bonds is 4. The molecule has 2 rings (SSSR count). The molecule has 1 aliphatic heterocycles. The number of aliphatic carboxylic acids is 1. The maximum atomic E-state index is 11.0. The normalized spacial score (nSPS) is 17.5. The molecule has 0 spiro atoms. The Kier molecular flexibility index (Phi) is 3.20. The highest BCUT2D eigenvalue weighted by Crippen LogP contribution is 2.43. The van der Waals surface area contributed by atoms with E-state index in [1.165, 1.54) is 0 Å². The third-order valence-electron chi connectivity index (χ3n) is 3.51. The van der Waals surface area contributed by atoms with E-state index >= 15 is 0 Å². The lowest BCUT2D eigenvalue weighted by molar-refractivity contribution is -0.138. The van der Waals surface area contributed by atoms with Crippen molar-refractivity contribution in [3.63, 3.8) is 0 Å². The number of benzene rings is 1. The summed E-state index contributed by atoms with van der Waals surface area (Å²) in [5.74, 6) is -0.638. The van der Waals surface area contributed by atoms with Crippen molar-refractivity contribution in [3.05, 3.63) is 23.8 Å². The van der Waals surface area contributed by atoms with Gasteiger partial charge in [-0.25, -0.2) is 0 Å². The molecule has 1 aliphatic rings. The molecule has 0 fully saturated rings. The van der Waals surface area contributed by atoms with E-state index in [1.54, 1.807) is 25.1 Å². The Balaban J connectivity index is 2.30. The van der Waals surface area contributed by atoms with E-state index < -0.39 is 17.7 Å². The molecular weight excluding hydrogens is 232 g/mol. The summed E-state index contributed by atoms with van der Waals surface area (Å²) in [5.41, 5.74) is 0.729. The molecule has 0 saturated heterocycles. The molecule has 98 valence electrons. The number of hydrogen-bond donors (Lipinski definition) is 1. The third-order valence-corrected chi connectivity index (χ3v) is 3.51. The van der Waals surface area contributed by atoms with E-state index in [0.29, 0.717) is 11.5 Å². The fraction of sp³-hybridized carbons (Fsp3) is 0.500. The van der Waals surface area contributed by atoms with Crippen molar-refractivity contribution in [1.82, 2.24) is 0 Å². The molecule has 0 amide bonds. The third kappa shape index (κ3) is 2.03. The Morgan fingerprint density at radius 1 is 1.28 bits per heavy atom. The number of carboxylic acids is 1. The van der Waals surface area contributed by atoms with Gasteiger partial charge in [0.25, 0.3) is 5.79 Å². The Labute approximate surface area is 107 Å². The van der Waals surface area contributed by atoms with Crippen LogP contribution < -0.4 is 9.47 Å². The molecule has 18 heavy (non-hydrogen) atoms. The lowest BCUT2D eigenvalue weighted by Gasteiger charge is -2.24. The van der Waals surface area contributed by atoms with Gasteiger partial charge in [-0.1, -0.05) is 19.9 Å². The number of ether oxygens (including phenoxy) is 2. The minimum Gasteiger partial charge on any atom is -0.481 e. The van der Waals surface area contributed by atoms with E-state index in [9.17, 15) is 4.79 Å². The molecular formula is C14H18O4. The van der Waals surface area contributed by atoms with Gasteiger partial charge < -0.3 is 14.6 Å². The SMILES string of the molecule is CCC1(CC)Oc2ccc(C(C)C(=O)O)cc2O1. The summed E-state index contributed by atoms with van der Waals surface area (Å²) in [6.45, 7) is 5.68. The smallest absolute Gasteiger partial charge is 0.310 e. The molecule has 0 radical (unpaired) electrons. The van der Waals surface area contributed by atoms with Crippen LogP contribution in [0.2, 0.25) is 0 Å². The van der Waals surface area contributed by atoms with E-state index in [0.717, 1.165) is 18.4 Å². The van der Waals surface area contributed by atoms with Crippen molar-refractivity contribution in [2.45, 2.75) is 45.3 Å². The Hall–Kier alpha value is -1.71. The molecule has 0 saturated carbocycles.